The van der Waals surface area contributed by atoms with Gasteiger partial charge in [-0.2, -0.15) is 11.8 Å². The van der Waals surface area contributed by atoms with E-state index in [1.165, 1.54) is 49.8 Å². The van der Waals surface area contributed by atoms with Gasteiger partial charge in [-0.3, -0.25) is 4.98 Å². The summed E-state index contributed by atoms with van der Waals surface area (Å²) in [4.78, 5) is 4.57. The number of hydrogen-bond acceptors (Lipinski definition) is 3. The van der Waals surface area contributed by atoms with Crippen LogP contribution < -0.4 is 5.73 Å². The van der Waals surface area contributed by atoms with E-state index in [1.54, 1.807) is 0 Å². The quantitative estimate of drug-likeness (QED) is 0.914. The SMILES string of the molecule is NC(CSC1CCCCC1)C1CCc2cccnc21. The van der Waals surface area contributed by atoms with Gasteiger partial charge in [0.2, 0.25) is 0 Å². The molecule has 2 aliphatic rings. The molecular weight excluding hydrogens is 252 g/mol. The van der Waals surface area contributed by atoms with Crippen molar-refractivity contribution in [2.75, 3.05) is 5.75 Å². The molecule has 2 N–H and O–H groups in total. The van der Waals surface area contributed by atoms with E-state index in [9.17, 15) is 0 Å². The van der Waals surface area contributed by atoms with Crippen LogP contribution in [-0.2, 0) is 6.42 Å². The molecule has 1 aromatic rings. The predicted octanol–water partition coefficient (Wildman–Crippen LogP) is 3.50. The summed E-state index contributed by atoms with van der Waals surface area (Å²) >= 11 is 2.11. The highest BCUT2D eigenvalue weighted by molar-refractivity contribution is 7.99. The molecule has 1 heterocycles. The second-order valence-corrected chi connectivity index (χ2v) is 7.28. The predicted molar refractivity (Wildman–Crippen MR) is 82.6 cm³/mol. The van der Waals surface area contributed by atoms with Crippen LogP contribution in [0.5, 0.6) is 0 Å². The molecule has 3 heteroatoms. The fourth-order valence-corrected chi connectivity index (χ4v) is 4.85. The minimum absolute atomic E-state index is 0.281. The van der Waals surface area contributed by atoms with Crippen LogP contribution in [0, 0.1) is 0 Å². The fraction of sp³-hybridized carbons (Fsp3) is 0.688. The molecule has 2 nitrogen and oxygen atoms in total. The van der Waals surface area contributed by atoms with Crippen molar-refractivity contribution >= 4 is 11.8 Å². The molecule has 0 saturated heterocycles. The van der Waals surface area contributed by atoms with E-state index in [2.05, 4.69) is 22.8 Å². The third-order valence-electron chi connectivity index (χ3n) is 4.60. The normalized spacial score (nSPS) is 25.2. The van der Waals surface area contributed by atoms with Crippen molar-refractivity contribution in [1.82, 2.24) is 4.98 Å². The lowest BCUT2D eigenvalue weighted by atomic mass is 9.99. The summed E-state index contributed by atoms with van der Waals surface area (Å²) in [5, 5.41) is 0.865. The molecule has 2 unspecified atom stereocenters. The lowest BCUT2D eigenvalue weighted by Gasteiger charge is -2.25. The Morgan fingerprint density at radius 3 is 2.95 bits per heavy atom. The first-order valence-corrected chi connectivity index (χ1v) is 8.70. The van der Waals surface area contributed by atoms with Crippen LogP contribution in [0.15, 0.2) is 18.3 Å². The molecule has 1 aromatic heterocycles. The van der Waals surface area contributed by atoms with E-state index in [1.807, 2.05) is 12.3 Å². The molecule has 3 rings (SSSR count). The summed E-state index contributed by atoms with van der Waals surface area (Å²) < 4.78 is 0. The first-order chi connectivity index (χ1) is 9.34. The molecule has 0 aromatic carbocycles. The van der Waals surface area contributed by atoms with Gasteiger partial charge in [-0.1, -0.05) is 25.3 Å². The molecule has 0 aliphatic heterocycles. The Labute approximate surface area is 120 Å². The van der Waals surface area contributed by atoms with Gasteiger partial charge in [0.25, 0.3) is 0 Å². The van der Waals surface area contributed by atoms with Crippen LogP contribution >= 0.6 is 11.8 Å². The fourth-order valence-electron chi connectivity index (χ4n) is 3.46. The number of fused-ring (bicyclic) bond motifs is 1. The van der Waals surface area contributed by atoms with Gasteiger partial charge in [0.1, 0.15) is 0 Å². The summed E-state index contributed by atoms with van der Waals surface area (Å²) in [6.45, 7) is 0. The molecule has 104 valence electrons. The molecule has 2 aliphatic carbocycles. The highest BCUT2D eigenvalue weighted by Gasteiger charge is 2.29. The molecule has 0 amide bonds. The van der Waals surface area contributed by atoms with Gasteiger partial charge in [-0.25, -0.2) is 0 Å². The van der Waals surface area contributed by atoms with Crippen LogP contribution in [0.3, 0.4) is 0 Å². The van der Waals surface area contributed by atoms with Crippen LogP contribution in [-0.4, -0.2) is 22.0 Å². The Morgan fingerprint density at radius 2 is 2.11 bits per heavy atom. The van der Waals surface area contributed by atoms with E-state index in [0.29, 0.717) is 5.92 Å². The van der Waals surface area contributed by atoms with Crippen LogP contribution in [0.2, 0.25) is 0 Å². The number of aromatic nitrogens is 1. The number of nitrogens with two attached hydrogens (primary N) is 1. The van der Waals surface area contributed by atoms with Crippen LogP contribution in [0.4, 0.5) is 0 Å². The molecule has 2 atom stereocenters. The van der Waals surface area contributed by atoms with Crippen LogP contribution in [0.1, 0.15) is 55.7 Å². The average Bonchev–Trinajstić information content (AvgIpc) is 2.90. The molecule has 1 fully saturated rings. The van der Waals surface area contributed by atoms with Gasteiger partial charge in [0.15, 0.2) is 0 Å². The number of thioether (sulfide) groups is 1. The number of rotatable bonds is 4. The first kappa shape index (κ1) is 13.4. The average molecular weight is 276 g/mol. The Kier molecular flexibility index (Phi) is 4.44. The lowest BCUT2D eigenvalue weighted by Crippen LogP contribution is -2.31. The molecular formula is C16H24N2S. The summed E-state index contributed by atoms with van der Waals surface area (Å²) in [6, 6.07) is 4.54. The summed E-state index contributed by atoms with van der Waals surface area (Å²) in [6.07, 6.45) is 11.3. The van der Waals surface area contributed by atoms with Crippen molar-refractivity contribution in [3.63, 3.8) is 0 Å². The largest absolute Gasteiger partial charge is 0.326 e. The minimum Gasteiger partial charge on any atom is -0.326 e. The molecule has 0 spiro atoms. The zero-order valence-corrected chi connectivity index (χ0v) is 12.4. The number of nitrogens with zero attached hydrogens (tertiary/aromatic N) is 1. The summed E-state index contributed by atoms with van der Waals surface area (Å²) in [5.41, 5.74) is 9.15. The van der Waals surface area contributed by atoms with E-state index >= 15 is 0 Å². The second-order valence-electron chi connectivity index (χ2n) is 5.95. The number of pyridine rings is 1. The standard InChI is InChI=1S/C16H24N2S/c17-15(11-19-13-6-2-1-3-7-13)14-9-8-12-5-4-10-18-16(12)14/h4-5,10,13-15H,1-3,6-9,11,17H2. The Balaban J connectivity index is 1.55. The Hall–Kier alpha value is -0.540. The Bertz CT molecular complexity index is 415. The van der Waals surface area contributed by atoms with Gasteiger partial charge < -0.3 is 5.73 Å². The summed E-state index contributed by atoms with van der Waals surface area (Å²) in [5.74, 6) is 1.60. The third kappa shape index (κ3) is 3.14. The maximum atomic E-state index is 6.45. The van der Waals surface area contributed by atoms with Crippen molar-refractivity contribution < 1.29 is 0 Å². The number of aryl methyl sites for hydroxylation is 1. The molecule has 0 radical (unpaired) electrons. The maximum Gasteiger partial charge on any atom is 0.0482 e. The van der Waals surface area contributed by atoms with Gasteiger partial charge in [0.05, 0.1) is 0 Å². The molecule has 1 saturated carbocycles. The molecule has 19 heavy (non-hydrogen) atoms. The van der Waals surface area contributed by atoms with Crippen molar-refractivity contribution in [3.8, 4) is 0 Å². The van der Waals surface area contributed by atoms with Crippen LogP contribution in [0.25, 0.3) is 0 Å². The van der Waals surface area contributed by atoms with E-state index < -0.39 is 0 Å². The van der Waals surface area contributed by atoms with E-state index in [0.717, 1.165) is 17.4 Å². The van der Waals surface area contributed by atoms with Gasteiger partial charge in [-0.15, -0.1) is 0 Å². The van der Waals surface area contributed by atoms with Crippen molar-refractivity contribution in [2.24, 2.45) is 5.73 Å². The number of hydrogen-bond donors (Lipinski definition) is 1. The molecule has 0 bridgehead atoms. The first-order valence-electron chi connectivity index (χ1n) is 7.65. The maximum absolute atomic E-state index is 6.45. The topological polar surface area (TPSA) is 38.9 Å². The van der Waals surface area contributed by atoms with Gasteiger partial charge in [0, 0.05) is 34.9 Å². The van der Waals surface area contributed by atoms with Crippen molar-refractivity contribution in [2.45, 2.75) is 62.2 Å². The van der Waals surface area contributed by atoms with E-state index in [4.69, 9.17) is 5.73 Å². The highest BCUT2D eigenvalue weighted by Crippen LogP contribution is 2.35. The van der Waals surface area contributed by atoms with Crippen molar-refractivity contribution in [3.05, 3.63) is 29.6 Å². The zero-order valence-electron chi connectivity index (χ0n) is 11.6. The lowest BCUT2D eigenvalue weighted by molar-refractivity contribution is 0.512. The zero-order chi connectivity index (χ0) is 13.1. The smallest absolute Gasteiger partial charge is 0.0482 e. The summed E-state index contributed by atoms with van der Waals surface area (Å²) in [7, 11) is 0. The van der Waals surface area contributed by atoms with Gasteiger partial charge >= 0.3 is 0 Å². The minimum atomic E-state index is 0.281. The Morgan fingerprint density at radius 1 is 1.26 bits per heavy atom. The highest BCUT2D eigenvalue weighted by atomic mass is 32.2. The van der Waals surface area contributed by atoms with Crippen molar-refractivity contribution in [1.29, 1.82) is 0 Å². The van der Waals surface area contributed by atoms with E-state index in [-0.39, 0.29) is 6.04 Å². The van der Waals surface area contributed by atoms with Gasteiger partial charge in [-0.05, 0) is 37.3 Å². The third-order valence-corrected chi connectivity index (χ3v) is 6.12. The monoisotopic (exact) mass is 276 g/mol. The second kappa shape index (κ2) is 6.27.